The largest absolute Gasteiger partial charge is 0.434 e. The maximum atomic E-state index is 13.4. The van der Waals surface area contributed by atoms with Gasteiger partial charge in [-0.25, -0.2) is 18.3 Å². The van der Waals surface area contributed by atoms with E-state index in [1.54, 1.807) is 19.9 Å². The molecular weight excluding hydrogens is 510 g/mol. The van der Waals surface area contributed by atoms with Gasteiger partial charge in [0.15, 0.2) is 0 Å². The Kier molecular flexibility index (Phi) is 6.38. The molecule has 1 aliphatic carbocycles. The number of nitrogens with one attached hydrogen (secondary N) is 2. The van der Waals surface area contributed by atoms with E-state index in [1.807, 2.05) is 19.1 Å². The van der Waals surface area contributed by atoms with E-state index in [4.69, 9.17) is 4.42 Å². The lowest BCUT2D eigenvalue weighted by atomic mass is 9.88. The van der Waals surface area contributed by atoms with Gasteiger partial charge in [-0.2, -0.15) is 4.72 Å². The SMILES string of the molecule is CC(c1cccc2c1CCC2)C(NS(=O)(=O)c1ccc(Br)c(C(C)(C)O)c1)c1n[nH]c(=O)o1. The Morgan fingerprint density at radius 2 is 2.00 bits per heavy atom. The van der Waals surface area contributed by atoms with Crippen LogP contribution in [0.2, 0.25) is 0 Å². The Morgan fingerprint density at radius 3 is 2.67 bits per heavy atom. The number of hydrogen-bond acceptors (Lipinski definition) is 6. The Hall–Kier alpha value is -2.27. The molecule has 3 aromatic rings. The summed E-state index contributed by atoms with van der Waals surface area (Å²) < 4.78 is 35.3. The van der Waals surface area contributed by atoms with Gasteiger partial charge in [-0.3, -0.25) is 0 Å². The highest BCUT2D eigenvalue weighted by molar-refractivity contribution is 9.10. The number of aliphatic hydroxyl groups is 1. The molecule has 2 unspecified atom stereocenters. The first-order chi connectivity index (χ1) is 15.5. The first-order valence-electron chi connectivity index (χ1n) is 10.7. The van der Waals surface area contributed by atoms with Crippen molar-refractivity contribution in [3.63, 3.8) is 0 Å². The van der Waals surface area contributed by atoms with Crippen LogP contribution in [0.3, 0.4) is 0 Å². The van der Waals surface area contributed by atoms with Crippen LogP contribution in [0.5, 0.6) is 0 Å². The van der Waals surface area contributed by atoms with Crippen LogP contribution in [0.15, 0.2) is 55.0 Å². The number of sulfonamides is 1. The predicted molar refractivity (Wildman–Crippen MR) is 126 cm³/mol. The summed E-state index contributed by atoms with van der Waals surface area (Å²) in [7, 11) is -4.06. The number of rotatable bonds is 7. The molecule has 0 bridgehead atoms. The number of aromatic amines is 1. The van der Waals surface area contributed by atoms with Gasteiger partial charge in [0.1, 0.15) is 6.04 Å². The Labute approximate surface area is 200 Å². The van der Waals surface area contributed by atoms with Crippen LogP contribution in [-0.4, -0.2) is 23.7 Å². The topological polar surface area (TPSA) is 125 Å². The minimum atomic E-state index is -4.06. The standard InChI is InChI=1S/C23H26BrN3O5S/c1-13(16-8-4-6-14-7-5-9-17(14)16)20(21-25-26-22(28)32-21)27-33(30,31)15-10-11-19(24)18(12-15)23(2,3)29/h4,6,8,10-13,20,27,29H,5,7,9H2,1-3H3,(H,26,28). The molecule has 0 aliphatic heterocycles. The zero-order valence-electron chi connectivity index (χ0n) is 18.6. The summed E-state index contributed by atoms with van der Waals surface area (Å²) in [6, 6.07) is 9.57. The van der Waals surface area contributed by atoms with Crippen LogP contribution >= 0.6 is 15.9 Å². The quantitative estimate of drug-likeness (QED) is 0.423. The molecular formula is C23H26BrN3O5S. The third kappa shape index (κ3) is 4.84. The molecule has 1 aliphatic rings. The summed E-state index contributed by atoms with van der Waals surface area (Å²) in [5.41, 5.74) is 2.64. The minimum absolute atomic E-state index is 0.0174. The fourth-order valence-electron chi connectivity index (χ4n) is 4.37. The molecule has 2 aromatic carbocycles. The van der Waals surface area contributed by atoms with Gasteiger partial charge in [0.2, 0.25) is 15.9 Å². The van der Waals surface area contributed by atoms with Crippen LogP contribution in [-0.2, 0) is 28.5 Å². The first kappa shape index (κ1) is 23.9. The number of aromatic nitrogens is 2. The highest BCUT2D eigenvalue weighted by Gasteiger charge is 2.33. The molecule has 2 atom stereocenters. The molecule has 3 N–H and O–H groups in total. The highest BCUT2D eigenvalue weighted by atomic mass is 79.9. The predicted octanol–water partition coefficient (Wildman–Crippen LogP) is 3.66. The van der Waals surface area contributed by atoms with E-state index in [9.17, 15) is 18.3 Å². The van der Waals surface area contributed by atoms with Gasteiger partial charge in [-0.15, -0.1) is 5.10 Å². The van der Waals surface area contributed by atoms with Gasteiger partial charge in [0.05, 0.1) is 10.5 Å². The van der Waals surface area contributed by atoms with E-state index < -0.39 is 27.4 Å². The third-order valence-electron chi connectivity index (χ3n) is 6.08. The number of benzene rings is 2. The highest BCUT2D eigenvalue weighted by Crippen LogP contribution is 2.37. The molecule has 10 heteroatoms. The number of halogens is 1. The fourth-order valence-corrected chi connectivity index (χ4v) is 6.40. The number of H-pyrrole nitrogens is 1. The Morgan fingerprint density at radius 1 is 1.24 bits per heavy atom. The molecule has 0 fully saturated rings. The van der Waals surface area contributed by atoms with Crippen molar-refractivity contribution in [3.8, 4) is 0 Å². The van der Waals surface area contributed by atoms with E-state index in [0.717, 1.165) is 24.8 Å². The summed E-state index contributed by atoms with van der Waals surface area (Å²) in [4.78, 5) is 11.7. The summed E-state index contributed by atoms with van der Waals surface area (Å²) in [6.45, 7) is 5.05. The normalized spacial score (nSPS) is 15.9. The van der Waals surface area contributed by atoms with E-state index in [0.29, 0.717) is 10.0 Å². The van der Waals surface area contributed by atoms with Crippen molar-refractivity contribution in [1.29, 1.82) is 0 Å². The summed E-state index contributed by atoms with van der Waals surface area (Å²) in [6.07, 6.45) is 2.95. The van der Waals surface area contributed by atoms with E-state index in [-0.39, 0.29) is 16.7 Å². The molecule has 8 nitrogen and oxygen atoms in total. The fraction of sp³-hybridized carbons (Fsp3) is 0.391. The first-order valence-corrected chi connectivity index (χ1v) is 13.0. The molecule has 0 radical (unpaired) electrons. The van der Waals surface area contributed by atoms with Crippen molar-refractivity contribution in [2.45, 2.75) is 62.5 Å². The van der Waals surface area contributed by atoms with Crippen molar-refractivity contribution in [1.82, 2.24) is 14.9 Å². The lowest BCUT2D eigenvalue weighted by Crippen LogP contribution is -2.33. The maximum Gasteiger partial charge on any atom is 0.434 e. The summed E-state index contributed by atoms with van der Waals surface area (Å²) in [5, 5.41) is 16.6. The van der Waals surface area contributed by atoms with Crippen LogP contribution in [0.1, 0.15) is 67.3 Å². The van der Waals surface area contributed by atoms with Gasteiger partial charge in [0, 0.05) is 10.4 Å². The minimum Gasteiger partial charge on any atom is -0.391 e. The molecule has 4 rings (SSSR count). The Bertz CT molecular complexity index is 1340. The van der Waals surface area contributed by atoms with Crippen molar-refractivity contribution in [2.75, 3.05) is 0 Å². The second kappa shape index (κ2) is 8.83. The number of aryl methyl sites for hydroxylation is 1. The van der Waals surface area contributed by atoms with Crippen LogP contribution in [0.4, 0.5) is 0 Å². The zero-order valence-corrected chi connectivity index (χ0v) is 21.0. The summed E-state index contributed by atoms with van der Waals surface area (Å²) in [5.74, 6) is -1.15. The Balaban J connectivity index is 1.76. The lowest BCUT2D eigenvalue weighted by Gasteiger charge is -2.25. The average Bonchev–Trinajstić information content (AvgIpc) is 3.39. The molecule has 0 spiro atoms. The van der Waals surface area contributed by atoms with Gasteiger partial charge >= 0.3 is 5.76 Å². The van der Waals surface area contributed by atoms with Gasteiger partial charge in [-0.1, -0.05) is 41.1 Å². The molecule has 0 saturated carbocycles. The van der Waals surface area contributed by atoms with Crippen molar-refractivity contribution >= 4 is 26.0 Å². The second-order valence-electron chi connectivity index (χ2n) is 8.88. The van der Waals surface area contributed by atoms with Crippen molar-refractivity contribution in [2.24, 2.45) is 0 Å². The molecule has 1 aromatic heterocycles. The summed E-state index contributed by atoms with van der Waals surface area (Å²) >= 11 is 3.37. The third-order valence-corrected chi connectivity index (χ3v) is 8.21. The molecule has 33 heavy (non-hydrogen) atoms. The molecule has 0 saturated heterocycles. The van der Waals surface area contributed by atoms with E-state index in [2.05, 4.69) is 36.9 Å². The van der Waals surface area contributed by atoms with E-state index in [1.165, 1.54) is 23.3 Å². The van der Waals surface area contributed by atoms with Crippen molar-refractivity contribution < 1.29 is 17.9 Å². The van der Waals surface area contributed by atoms with Gasteiger partial charge in [0.25, 0.3) is 0 Å². The van der Waals surface area contributed by atoms with Gasteiger partial charge in [-0.05, 0) is 73.6 Å². The van der Waals surface area contributed by atoms with Crippen molar-refractivity contribution in [3.05, 3.63) is 79.6 Å². The smallest absolute Gasteiger partial charge is 0.391 e. The average molecular weight is 536 g/mol. The monoisotopic (exact) mass is 535 g/mol. The number of fused-ring (bicyclic) bond motifs is 1. The second-order valence-corrected chi connectivity index (χ2v) is 11.4. The molecule has 0 amide bonds. The molecule has 176 valence electrons. The number of nitrogens with zero attached hydrogens (tertiary/aromatic N) is 1. The zero-order chi connectivity index (χ0) is 24.0. The van der Waals surface area contributed by atoms with Crippen LogP contribution < -0.4 is 10.5 Å². The lowest BCUT2D eigenvalue weighted by molar-refractivity contribution is 0.0776. The van der Waals surface area contributed by atoms with Crippen LogP contribution in [0, 0.1) is 0 Å². The maximum absolute atomic E-state index is 13.4. The van der Waals surface area contributed by atoms with Gasteiger partial charge < -0.3 is 9.52 Å². The van der Waals surface area contributed by atoms with E-state index >= 15 is 0 Å². The van der Waals surface area contributed by atoms with Crippen LogP contribution in [0.25, 0.3) is 0 Å². The number of hydrogen-bond donors (Lipinski definition) is 3. The molecule has 1 heterocycles.